The predicted octanol–water partition coefficient (Wildman–Crippen LogP) is 8.42. The molecule has 296 valence electrons. The van der Waals surface area contributed by atoms with E-state index in [-0.39, 0.29) is 23.5 Å². The molecule has 12 heteroatoms. The zero-order chi connectivity index (χ0) is 40.4. The number of hydrogen-bond donors (Lipinski definition) is 2. The van der Waals surface area contributed by atoms with Gasteiger partial charge >= 0.3 is 0 Å². The van der Waals surface area contributed by atoms with Gasteiger partial charge in [0.15, 0.2) is 25.3 Å². The molecule has 0 spiro atoms. The van der Waals surface area contributed by atoms with Crippen molar-refractivity contribution < 1.29 is 28.5 Å². The lowest BCUT2D eigenvalue weighted by Gasteiger charge is -2.41. The van der Waals surface area contributed by atoms with E-state index in [1.807, 2.05) is 77.4 Å². The molecular formula is C45H51N5O6Si. The quantitative estimate of drug-likeness (QED) is 0.0876. The first-order chi connectivity index (χ1) is 27.4. The second-order valence-electron chi connectivity index (χ2n) is 16.1. The Hall–Kier alpha value is -5.40. The van der Waals surface area contributed by atoms with E-state index in [1.54, 1.807) is 44.8 Å². The van der Waals surface area contributed by atoms with E-state index >= 15 is 0 Å². The van der Waals surface area contributed by atoms with Crippen molar-refractivity contribution in [1.82, 2.24) is 19.5 Å². The summed E-state index contributed by atoms with van der Waals surface area (Å²) in [5.41, 5.74) is 3.15. The van der Waals surface area contributed by atoms with Crippen LogP contribution in [0, 0.1) is 5.92 Å². The van der Waals surface area contributed by atoms with Gasteiger partial charge in [0.25, 0.3) is 5.91 Å². The average Bonchev–Trinajstić information content (AvgIpc) is 3.79. The van der Waals surface area contributed by atoms with Gasteiger partial charge in [-0.1, -0.05) is 93.6 Å². The number of rotatable bonds is 13. The van der Waals surface area contributed by atoms with Crippen LogP contribution in [0.3, 0.4) is 0 Å². The van der Waals surface area contributed by atoms with Crippen molar-refractivity contribution in [3.8, 4) is 11.5 Å². The highest BCUT2D eigenvalue weighted by molar-refractivity contribution is 6.74. The number of carbonyl (C=O) groups excluding carboxylic acids is 1. The summed E-state index contributed by atoms with van der Waals surface area (Å²) in [6.45, 7) is 11.2. The van der Waals surface area contributed by atoms with Crippen LogP contribution in [-0.2, 0) is 14.8 Å². The molecular weight excluding hydrogens is 735 g/mol. The van der Waals surface area contributed by atoms with Crippen molar-refractivity contribution in [2.75, 3.05) is 26.1 Å². The summed E-state index contributed by atoms with van der Waals surface area (Å²) in [7, 11) is 0.897. The molecule has 6 aromatic rings. The number of ether oxygens (including phenoxy) is 3. The number of aliphatic hydroxyl groups is 1. The highest BCUT2D eigenvalue weighted by atomic mass is 28.4. The number of benzene rings is 4. The molecule has 1 aliphatic rings. The minimum absolute atomic E-state index is 0.114. The molecule has 11 nitrogen and oxygen atoms in total. The van der Waals surface area contributed by atoms with Gasteiger partial charge in [0.05, 0.1) is 39.3 Å². The Bertz CT molecular complexity index is 2230. The second kappa shape index (κ2) is 16.2. The summed E-state index contributed by atoms with van der Waals surface area (Å²) in [5, 5.41) is 15.2. The van der Waals surface area contributed by atoms with Gasteiger partial charge in [-0.05, 0) is 77.6 Å². The summed E-state index contributed by atoms with van der Waals surface area (Å²) >= 11 is 0. The number of amides is 1. The van der Waals surface area contributed by atoms with Gasteiger partial charge in [-0.2, -0.15) is 0 Å². The van der Waals surface area contributed by atoms with Crippen LogP contribution in [0.5, 0.6) is 11.5 Å². The number of methoxy groups -OCH3 is 2. The van der Waals surface area contributed by atoms with Crippen LogP contribution in [0.15, 0.2) is 122 Å². The molecule has 0 radical (unpaired) electrons. The first kappa shape index (κ1) is 39.8. The topological polar surface area (TPSA) is 130 Å². The Kier molecular flexibility index (Phi) is 11.3. The molecule has 1 amide bonds. The third-order valence-corrected chi connectivity index (χ3v) is 16.1. The number of aliphatic hydroxyl groups excluding tert-OH is 1. The maximum atomic E-state index is 13.1. The van der Waals surface area contributed by atoms with Gasteiger partial charge in [-0.3, -0.25) is 4.79 Å². The summed E-state index contributed by atoms with van der Waals surface area (Å²) in [6.07, 6.45) is 2.10. The van der Waals surface area contributed by atoms with Gasteiger partial charge in [0, 0.05) is 11.5 Å². The largest absolute Gasteiger partial charge is 0.497 e. The maximum absolute atomic E-state index is 13.1. The van der Waals surface area contributed by atoms with Crippen molar-refractivity contribution in [3.05, 3.63) is 144 Å². The van der Waals surface area contributed by atoms with Gasteiger partial charge in [0.2, 0.25) is 0 Å². The van der Waals surface area contributed by atoms with Crippen molar-refractivity contribution in [2.24, 2.45) is 5.92 Å². The third kappa shape index (κ3) is 7.82. The van der Waals surface area contributed by atoms with E-state index < -0.39 is 32.2 Å². The number of fused-ring (bicyclic) bond motifs is 1. The fourth-order valence-electron chi connectivity index (χ4n) is 7.47. The Labute approximate surface area is 335 Å². The Morgan fingerprint density at radius 2 is 1.37 bits per heavy atom. The number of hydrogen-bond acceptors (Lipinski definition) is 9. The molecule has 0 saturated heterocycles. The zero-order valence-corrected chi connectivity index (χ0v) is 34.5. The molecule has 2 aromatic heterocycles. The van der Waals surface area contributed by atoms with E-state index in [0.29, 0.717) is 29.0 Å². The van der Waals surface area contributed by atoms with Crippen molar-refractivity contribution in [2.45, 2.75) is 69.2 Å². The first-order valence-electron chi connectivity index (χ1n) is 19.2. The Morgan fingerprint density at radius 3 is 1.93 bits per heavy atom. The summed E-state index contributed by atoms with van der Waals surface area (Å²) < 4.78 is 27.5. The highest BCUT2D eigenvalue weighted by Crippen LogP contribution is 2.47. The van der Waals surface area contributed by atoms with E-state index in [2.05, 4.69) is 66.3 Å². The fraction of sp³-hybridized carbons (Fsp3) is 0.333. The van der Waals surface area contributed by atoms with Gasteiger partial charge in [0.1, 0.15) is 29.5 Å². The molecule has 1 aliphatic carbocycles. The average molecular weight is 786 g/mol. The van der Waals surface area contributed by atoms with Gasteiger partial charge in [-0.15, -0.1) is 0 Å². The SMILES string of the molecule is COc1ccc(C(OC[C@H]2C[C@@H](n3cnc4c(NC(=O)c5ccccc5)ncnc43)[C@H](O)C2O[Si](C)(C)C(C)(C)C)(c2ccccc2)c2ccc(OC)cc2)cc1. The van der Waals surface area contributed by atoms with Crippen molar-refractivity contribution in [1.29, 1.82) is 0 Å². The maximum Gasteiger partial charge on any atom is 0.256 e. The molecule has 4 aromatic carbocycles. The third-order valence-electron chi connectivity index (χ3n) is 11.6. The summed E-state index contributed by atoms with van der Waals surface area (Å²) in [5.74, 6) is 1.22. The van der Waals surface area contributed by atoms with Crippen LogP contribution in [-0.4, -0.2) is 71.9 Å². The smallest absolute Gasteiger partial charge is 0.256 e. The normalized spacial score (nSPS) is 18.7. The molecule has 4 atom stereocenters. The lowest BCUT2D eigenvalue weighted by molar-refractivity contribution is -0.0452. The van der Waals surface area contributed by atoms with Crippen molar-refractivity contribution in [3.63, 3.8) is 0 Å². The molecule has 1 saturated carbocycles. The molecule has 1 unspecified atom stereocenters. The number of nitrogens with one attached hydrogen (secondary N) is 1. The van der Waals surface area contributed by atoms with Gasteiger partial charge < -0.3 is 33.6 Å². The van der Waals surface area contributed by atoms with Crippen LogP contribution < -0.4 is 14.8 Å². The zero-order valence-electron chi connectivity index (χ0n) is 33.5. The van der Waals surface area contributed by atoms with Gasteiger partial charge in [-0.25, -0.2) is 15.0 Å². The Balaban J connectivity index is 1.28. The molecule has 0 aliphatic heterocycles. The fourth-order valence-corrected chi connectivity index (χ4v) is 8.83. The molecule has 2 N–H and O–H groups in total. The minimum Gasteiger partial charge on any atom is -0.497 e. The standard InChI is InChI=1S/C45H51N5O6Si/c1-44(2,3)57(6,7)56-40-31(26-37(39(40)51)50-29-48-38-41(46-28-47-42(38)50)49-43(52)30-14-10-8-11-15-30)27-55-45(32-16-12-9-13-17-32,33-18-22-35(53-4)23-19-33)34-20-24-36(54-5)25-21-34/h8-25,28-29,31,37,39-40,51H,26-27H2,1-7H3,(H,46,47,49,52)/t31-,37-,39+,40?/m1/s1. The van der Waals surface area contributed by atoms with Crippen LogP contribution in [0.2, 0.25) is 18.1 Å². The summed E-state index contributed by atoms with van der Waals surface area (Å²) in [4.78, 5) is 26.7. The van der Waals surface area contributed by atoms with E-state index in [9.17, 15) is 9.90 Å². The minimum atomic E-state index is -2.41. The summed E-state index contributed by atoms with van der Waals surface area (Å²) in [6, 6.07) is 34.6. The number of nitrogens with zero attached hydrogens (tertiary/aromatic N) is 4. The van der Waals surface area contributed by atoms with Crippen LogP contribution in [0.4, 0.5) is 5.82 Å². The number of carbonyl (C=O) groups is 1. The molecule has 7 rings (SSSR count). The number of imidazole rings is 1. The second-order valence-corrected chi connectivity index (χ2v) is 20.8. The number of anilines is 1. The monoisotopic (exact) mass is 785 g/mol. The van der Waals surface area contributed by atoms with Crippen LogP contribution in [0.1, 0.15) is 60.3 Å². The Morgan fingerprint density at radius 1 is 0.807 bits per heavy atom. The van der Waals surface area contributed by atoms with Crippen LogP contribution >= 0.6 is 0 Å². The lowest BCUT2D eigenvalue weighted by Crippen LogP contribution is -2.49. The van der Waals surface area contributed by atoms with E-state index in [0.717, 1.165) is 28.2 Å². The number of aromatic nitrogens is 4. The molecule has 2 heterocycles. The molecule has 0 bridgehead atoms. The van der Waals surface area contributed by atoms with Crippen molar-refractivity contribution >= 4 is 31.2 Å². The lowest BCUT2D eigenvalue weighted by atomic mass is 9.79. The predicted molar refractivity (Wildman–Crippen MR) is 223 cm³/mol. The van der Waals surface area contributed by atoms with Crippen LogP contribution in [0.25, 0.3) is 11.2 Å². The highest BCUT2D eigenvalue weighted by Gasteiger charge is 2.51. The van der Waals surface area contributed by atoms with E-state index in [1.165, 1.54) is 6.33 Å². The van der Waals surface area contributed by atoms with E-state index in [4.69, 9.17) is 18.6 Å². The molecule has 1 fully saturated rings. The first-order valence-corrected chi connectivity index (χ1v) is 22.2. The molecule has 57 heavy (non-hydrogen) atoms.